The molecular formula is C17H27N. The molecule has 2 aliphatic rings. The van der Waals surface area contributed by atoms with Crippen molar-refractivity contribution in [3.05, 3.63) is 34.9 Å². The molecule has 2 rings (SSSR count). The molecule has 100 valence electrons. The van der Waals surface area contributed by atoms with Crippen LogP contribution < -0.4 is 5.32 Å². The van der Waals surface area contributed by atoms with E-state index >= 15 is 0 Å². The lowest BCUT2D eigenvalue weighted by molar-refractivity contribution is 0.457. The van der Waals surface area contributed by atoms with E-state index in [9.17, 15) is 0 Å². The Morgan fingerprint density at radius 2 is 1.94 bits per heavy atom. The second kappa shape index (κ2) is 6.38. The van der Waals surface area contributed by atoms with Crippen molar-refractivity contribution in [1.82, 2.24) is 5.32 Å². The van der Waals surface area contributed by atoms with E-state index in [1.165, 1.54) is 43.3 Å². The molecule has 1 nitrogen and oxygen atoms in total. The van der Waals surface area contributed by atoms with Gasteiger partial charge in [-0.1, -0.05) is 41.9 Å². The summed E-state index contributed by atoms with van der Waals surface area (Å²) in [5, 5.41) is 3.75. The lowest BCUT2D eigenvalue weighted by Crippen LogP contribution is -2.38. The third kappa shape index (κ3) is 3.35. The monoisotopic (exact) mass is 245 g/mol. The summed E-state index contributed by atoms with van der Waals surface area (Å²) in [5.41, 5.74) is 4.65. The second-order valence-electron chi connectivity index (χ2n) is 5.90. The topological polar surface area (TPSA) is 12.0 Å². The van der Waals surface area contributed by atoms with Gasteiger partial charge in [0.05, 0.1) is 0 Å². The maximum atomic E-state index is 3.75. The van der Waals surface area contributed by atoms with E-state index in [-0.39, 0.29) is 0 Å². The lowest BCUT2D eigenvalue weighted by atomic mass is 9.85. The van der Waals surface area contributed by atoms with E-state index < -0.39 is 0 Å². The summed E-state index contributed by atoms with van der Waals surface area (Å²) >= 11 is 0. The summed E-state index contributed by atoms with van der Waals surface area (Å²) in [6.07, 6.45) is 13.7. The molecule has 0 radical (unpaired) electrons. The average Bonchev–Trinajstić information content (AvgIpc) is 2.39. The third-order valence-electron chi connectivity index (χ3n) is 4.51. The van der Waals surface area contributed by atoms with E-state index in [1.807, 2.05) is 0 Å². The van der Waals surface area contributed by atoms with Crippen LogP contribution in [-0.4, -0.2) is 12.6 Å². The van der Waals surface area contributed by atoms with Crippen molar-refractivity contribution in [3.63, 3.8) is 0 Å². The van der Waals surface area contributed by atoms with Gasteiger partial charge in [-0.3, -0.25) is 0 Å². The van der Waals surface area contributed by atoms with Gasteiger partial charge in [0.2, 0.25) is 0 Å². The molecule has 0 fully saturated rings. The Balaban J connectivity index is 1.81. The van der Waals surface area contributed by atoms with E-state index in [1.54, 1.807) is 5.57 Å². The standard InChI is InChI=1S/C17H27N/c1-13-9-10-14(2)17(15(13)3)18-12-11-16-7-5-4-6-8-16/h7,9-10,15,17-18H,4-6,8,11-12H2,1-3H3. The summed E-state index contributed by atoms with van der Waals surface area (Å²) < 4.78 is 0. The molecular weight excluding hydrogens is 218 g/mol. The van der Waals surface area contributed by atoms with Crippen molar-refractivity contribution >= 4 is 0 Å². The molecule has 2 unspecified atom stereocenters. The number of rotatable bonds is 4. The van der Waals surface area contributed by atoms with Gasteiger partial charge in [-0.2, -0.15) is 0 Å². The normalized spacial score (nSPS) is 28.5. The molecule has 0 bridgehead atoms. The Bertz CT molecular complexity index is 373. The maximum Gasteiger partial charge on any atom is 0.0343 e. The fraction of sp³-hybridized carbons (Fsp3) is 0.647. The van der Waals surface area contributed by atoms with Gasteiger partial charge in [0.25, 0.3) is 0 Å². The number of hydrogen-bond acceptors (Lipinski definition) is 1. The zero-order chi connectivity index (χ0) is 13.0. The van der Waals surface area contributed by atoms with Crippen LogP contribution in [0.2, 0.25) is 0 Å². The largest absolute Gasteiger partial charge is 0.309 e. The van der Waals surface area contributed by atoms with Crippen molar-refractivity contribution in [3.8, 4) is 0 Å². The van der Waals surface area contributed by atoms with Gasteiger partial charge in [-0.15, -0.1) is 0 Å². The first kappa shape index (κ1) is 13.6. The van der Waals surface area contributed by atoms with Gasteiger partial charge in [-0.25, -0.2) is 0 Å². The first-order valence-electron chi connectivity index (χ1n) is 7.44. The Morgan fingerprint density at radius 1 is 1.17 bits per heavy atom. The van der Waals surface area contributed by atoms with Gasteiger partial charge in [0.1, 0.15) is 0 Å². The molecule has 0 saturated carbocycles. The highest BCUT2D eigenvalue weighted by molar-refractivity contribution is 5.29. The van der Waals surface area contributed by atoms with Crippen LogP contribution in [0.3, 0.4) is 0 Å². The Labute approximate surface area is 112 Å². The van der Waals surface area contributed by atoms with Crippen LogP contribution in [0, 0.1) is 5.92 Å². The van der Waals surface area contributed by atoms with Gasteiger partial charge >= 0.3 is 0 Å². The number of hydrogen-bond donors (Lipinski definition) is 1. The van der Waals surface area contributed by atoms with Crippen LogP contribution in [0.1, 0.15) is 52.9 Å². The highest BCUT2D eigenvalue weighted by atomic mass is 14.9. The molecule has 18 heavy (non-hydrogen) atoms. The SMILES string of the molecule is CC1=CC=C(C)C(NCCC2=CCCCC2)C1C. The quantitative estimate of drug-likeness (QED) is 0.725. The van der Waals surface area contributed by atoms with Gasteiger partial charge in [0.15, 0.2) is 0 Å². The van der Waals surface area contributed by atoms with Crippen LogP contribution in [0.5, 0.6) is 0 Å². The number of allylic oxidation sites excluding steroid dienone is 3. The maximum absolute atomic E-state index is 3.75. The van der Waals surface area contributed by atoms with Crippen molar-refractivity contribution < 1.29 is 0 Å². The van der Waals surface area contributed by atoms with E-state index in [2.05, 4.69) is 44.3 Å². The van der Waals surface area contributed by atoms with Crippen LogP contribution in [0.4, 0.5) is 0 Å². The summed E-state index contributed by atoms with van der Waals surface area (Å²) in [6.45, 7) is 7.95. The smallest absolute Gasteiger partial charge is 0.0343 e. The molecule has 0 saturated heterocycles. The molecule has 0 spiro atoms. The van der Waals surface area contributed by atoms with Crippen molar-refractivity contribution in [1.29, 1.82) is 0 Å². The summed E-state index contributed by atoms with van der Waals surface area (Å²) in [4.78, 5) is 0. The Hall–Kier alpha value is -0.820. The molecule has 0 aromatic rings. The first-order valence-corrected chi connectivity index (χ1v) is 7.44. The van der Waals surface area contributed by atoms with Crippen LogP contribution in [0.25, 0.3) is 0 Å². The minimum Gasteiger partial charge on any atom is -0.309 e. The Kier molecular flexibility index (Phi) is 4.82. The van der Waals surface area contributed by atoms with E-state index in [0.29, 0.717) is 12.0 Å². The van der Waals surface area contributed by atoms with E-state index in [4.69, 9.17) is 0 Å². The predicted molar refractivity (Wildman–Crippen MR) is 79.6 cm³/mol. The molecule has 0 heterocycles. The lowest BCUT2D eigenvalue weighted by Gasteiger charge is -2.30. The van der Waals surface area contributed by atoms with Crippen LogP contribution in [-0.2, 0) is 0 Å². The Morgan fingerprint density at radius 3 is 2.67 bits per heavy atom. The highest BCUT2D eigenvalue weighted by Gasteiger charge is 2.22. The van der Waals surface area contributed by atoms with Gasteiger partial charge < -0.3 is 5.32 Å². The fourth-order valence-electron chi connectivity index (χ4n) is 3.03. The predicted octanol–water partition coefficient (Wildman–Crippen LogP) is 4.38. The third-order valence-corrected chi connectivity index (χ3v) is 4.51. The summed E-state index contributed by atoms with van der Waals surface area (Å²) in [7, 11) is 0. The van der Waals surface area contributed by atoms with Crippen LogP contribution >= 0.6 is 0 Å². The fourth-order valence-corrected chi connectivity index (χ4v) is 3.03. The zero-order valence-corrected chi connectivity index (χ0v) is 12.1. The molecule has 1 heteroatoms. The molecule has 2 atom stereocenters. The van der Waals surface area contributed by atoms with Crippen molar-refractivity contribution in [2.45, 2.75) is 58.9 Å². The highest BCUT2D eigenvalue weighted by Crippen LogP contribution is 2.25. The minimum atomic E-state index is 0.541. The minimum absolute atomic E-state index is 0.541. The van der Waals surface area contributed by atoms with Crippen molar-refractivity contribution in [2.24, 2.45) is 5.92 Å². The second-order valence-corrected chi connectivity index (χ2v) is 5.90. The average molecular weight is 245 g/mol. The molecule has 2 aliphatic carbocycles. The first-order chi connectivity index (χ1) is 8.68. The van der Waals surface area contributed by atoms with Crippen molar-refractivity contribution in [2.75, 3.05) is 6.54 Å². The molecule has 0 aromatic carbocycles. The summed E-state index contributed by atoms with van der Waals surface area (Å²) in [6, 6.07) is 0.541. The van der Waals surface area contributed by atoms with Gasteiger partial charge in [0, 0.05) is 6.04 Å². The number of nitrogens with one attached hydrogen (secondary N) is 1. The van der Waals surface area contributed by atoms with Crippen LogP contribution in [0.15, 0.2) is 34.9 Å². The molecule has 0 amide bonds. The molecule has 1 N–H and O–H groups in total. The van der Waals surface area contributed by atoms with Gasteiger partial charge in [-0.05, 0) is 58.4 Å². The molecule has 0 aliphatic heterocycles. The zero-order valence-electron chi connectivity index (χ0n) is 12.1. The summed E-state index contributed by atoms with van der Waals surface area (Å²) in [5.74, 6) is 0.635. The molecule has 0 aromatic heterocycles. The van der Waals surface area contributed by atoms with E-state index in [0.717, 1.165) is 6.54 Å².